The van der Waals surface area contributed by atoms with Gasteiger partial charge in [-0.25, -0.2) is 4.79 Å². The molecule has 2 N–H and O–H groups in total. The molecule has 2 heterocycles. The van der Waals surface area contributed by atoms with E-state index in [1.54, 1.807) is 0 Å². The Kier molecular flexibility index (Phi) is 3.17. The molecule has 2 aliphatic rings. The highest BCUT2D eigenvalue weighted by Crippen LogP contribution is 2.29. The fourth-order valence-electron chi connectivity index (χ4n) is 3.32. The molecule has 1 saturated heterocycles. The maximum absolute atomic E-state index is 12.3. The van der Waals surface area contributed by atoms with Gasteiger partial charge in [-0.15, -0.1) is 0 Å². The molecule has 0 radical (unpaired) electrons. The molecule has 6 heteroatoms. The first-order chi connectivity index (χ1) is 10.7. The summed E-state index contributed by atoms with van der Waals surface area (Å²) in [6, 6.07) is 5.95. The van der Waals surface area contributed by atoms with Gasteiger partial charge in [0.05, 0.1) is 11.0 Å². The molecule has 1 amide bonds. The van der Waals surface area contributed by atoms with E-state index in [1.807, 2.05) is 23.1 Å². The van der Waals surface area contributed by atoms with Crippen molar-refractivity contribution in [1.82, 2.24) is 14.9 Å². The van der Waals surface area contributed by atoms with Crippen LogP contribution in [0.5, 0.6) is 0 Å². The second-order valence-corrected chi connectivity index (χ2v) is 6.25. The summed E-state index contributed by atoms with van der Waals surface area (Å²) in [4.78, 5) is 33.4. The number of hydrogen-bond donors (Lipinski definition) is 2. The number of benzene rings is 1. The van der Waals surface area contributed by atoms with Gasteiger partial charge < -0.3 is 19.8 Å². The summed E-state index contributed by atoms with van der Waals surface area (Å²) in [7, 11) is 0. The highest BCUT2D eigenvalue weighted by atomic mass is 16.2. The second-order valence-electron chi connectivity index (χ2n) is 6.25. The monoisotopic (exact) mass is 300 g/mol. The van der Waals surface area contributed by atoms with Crippen LogP contribution in [0.2, 0.25) is 0 Å². The molecule has 22 heavy (non-hydrogen) atoms. The third-order valence-corrected chi connectivity index (χ3v) is 4.91. The number of piperazine rings is 1. The molecule has 116 valence electrons. The largest absolute Gasteiger partial charge is 0.368 e. The molecular formula is C16H20N4O2. The molecule has 1 aromatic carbocycles. The van der Waals surface area contributed by atoms with E-state index < -0.39 is 0 Å². The van der Waals surface area contributed by atoms with Crippen molar-refractivity contribution in [3.05, 3.63) is 28.7 Å². The fourth-order valence-corrected chi connectivity index (χ4v) is 3.32. The van der Waals surface area contributed by atoms with Gasteiger partial charge in [0.15, 0.2) is 0 Å². The lowest BCUT2D eigenvalue weighted by atomic mass is 9.84. The number of aromatic amines is 2. The minimum atomic E-state index is -0.178. The van der Waals surface area contributed by atoms with Crippen LogP contribution in [0.15, 0.2) is 23.0 Å². The molecule has 1 aliphatic carbocycles. The van der Waals surface area contributed by atoms with Crippen molar-refractivity contribution in [2.45, 2.75) is 19.3 Å². The number of rotatable bonds is 2. The van der Waals surface area contributed by atoms with E-state index in [-0.39, 0.29) is 11.6 Å². The molecule has 0 bridgehead atoms. The van der Waals surface area contributed by atoms with Gasteiger partial charge >= 0.3 is 5.69 Å². The van der Waals surface area contributed by atoms with Gasteiger partial charge in [-0.2, -0.15) is 0 Å². The minimum absolute atomic E-state index is 0.178. The van der Waals surface area contributed by atoms with E-state index in [1.165, 1.54) is 6.42 Å². The maximum atomic E-state index is 12.3. The summed E-state index contributed by atoms with van der Waals surface area (Å²) in [5, 5.41) is 0. The average molecular weight is 300 g/mol. The Hall–Kier alpha value is -2.24. The number of carbonyl (C=O) groups is 1. The number of H-pyrrole nitrogens is 2. The molecule has 1 aromatic heterocycles. The van der Waals surface area contributed by atoms with Crippen molar-refractivity contribution < 1.29 is 4.79 Å². The van der Waals surface area contributed by atoms with Gasteiger partial charge in [-0.1, -0.05) is 6.42 Å². The third-order valence-electron chi connectivity index (χ3n) is 4.91. The Morgan fingerprint density at radius 1 is 1.05 bits per heavy atom. The Balaban J connectivity index is 1.45. The topological polar surface area (TPSA) is 72.2 Å². The zero-order valence-corrected chi connectivity index (χ0v) is 12.5. The van der Waals surface area contributed by atoms with Gasteiger partial charge in [0.2, 0.25) is 5.91 Å². The van der Waals surface area contributed by atoms with E-state index in [4.69, 9.17) is 0 Å². The molecule has 2 fully saturated rings. The number of imidazole rings is 1. The summed E-state index contributed by atoms with van der Waals surface area (Å²) in [6.45, 7) is 3.27. The van der Waals surface area contributed by atoms with E-state index in [0.717, 1.165) is 55.7 Å². The summed E-state index contributed by atoms with van der Waals surface area (Å²) in [6.07, 6.45) is 3.33. The predicted molar refractivity (Wildman–Crippen MR) is 85.1 cm³/mol. The summed E-state index contributed by atoms with van der Waals surface area (Å²) >= 11 is 0. The minimum Gasteiger partial charge on any atom is -0.368 e. The van der Waals surface area contributed by atoms with Gasteiger partial charge in [0, 0.05) is 37.8 Å². The van der Waals surface area contributed by atoms with Crippen molar-refractivity contribution >= 4 is 22.6 Å². The first-order valence-corrected chi connectivity index (χ1v) is 7.96. The first kappa shape index (κ1) is 13.4. The summed E-state index contributed by atoms with van der Waals surface area (Å²) in [5.41, 5.74) is 2.57. The zero-order valence-electron chi connectivity index (χ0n) is 12.5. The number of fused-ring (bicyclic) bond motifs is 1. The highest BCUT2D eigenvalue weighted by Gasteiger charge is 2.31. The smallest absolute Gasteiger partial charge is 0.323 e. The molecule has 1 saturated carbocycles. The lowest BCUT2D eigenvalue weighted by Crippen LogP contribution is -2.51. The predicted octanol–water partition coefficient (Wildman–Crippen LogP) is 1.30. The Bertz CT molecular complexity index is 751. The number of hydrogen-bond acceptors (Lipinski definition) is 3. The zero-order chi connectivity index (χ0) is 15.1. The highest BCUT2D eigenvalue weighted by molar-refractivity contribution is 5.81. The fraction of sp³-hybridized carbons (Fsp3) is 0.500. The summed E-state index contributed by atoms with van der Waals surface area (Å²) in [5.74, 6) is 0.629. The van der Waals surface area contributed by atoms with Crippen LogP contribution in [-0.4, -0.2) is 47.0 Å². The van der Waals surface area contributed by atoms with E-state index in [9.17, 15) is 9.59 Å². The molecule has 6 nitrogen and oxygen atoms in total. The van der Waals surface area contributed by atoms with Crippen LogP contribution in [0, 0.1) is 5.92 Å². The van der Waals surface area contributed by atoms with Gasteiger partial charge in [0.1, 0.15) is 0 Å². The van der Waals surface area contributed by atoms with Crippen molar-refractivity contribution in [2.75, 3.05) is 31.1 Å². The van der Waals surface area contributed by atoms with Gasteiger partial charge in [0.25, 0.3) is 0 Å². The Morgan fingerprint density at radius 2 is 1.77 bits per heavy atom. The number of nitrogens with zero attached hydrogens (tertiary/aromatic N) is 2. The molecule has 2 aromatic rings. The van der Waals surface area contributed by atoms with Gasteiger partial charge in [-0.3, -0.25) is 4.79 Å². The van der Waals surface area contributed by atoms with Crippen LogP contribution >= 0.6 is 0 Å². The van der Waals surface area contributed by atoms with Crippen LogP contribution in [0.1, 0.15) is 19.3 Å². The van der Waals surface area contributed by atoms with Crippen LogP contribution < -0.4 is 10.6 Å². The standard InChI is InChI=1S/C16H20N4O2/c21-15(11-2-1-3-11)20-8-6-19(7-9-20)12-4-5-13-14(10-12)18-16(22)17-13/h4-5,10-11H,1-3,6-9H2,(H2,17,18,22). The SMILES string of the molecule is O=C(C1CCC1)N1CCN(c2ccc3[nH]c(=O)[nH]c3c2)CC1. The number of carbonyl (C=O) groups excluding carboxylic acids is 1. The lowest BCUT2D eigenvalue weighted by Gasteiger charge is -2.39. The van der Waals surface area contributed by atoms with E-state index >= 15 is 0 Å². The average Bonchev–Trinajstić information content (AvgIpc) is 2.84. The van der Waals surface area contributed by atoms with Crippen LogP contribution in [0.25, 0.3) is 11.0 Å². The van der Waals surface area contributed by atoms with Crippen LogP contribution in [-0.2, 0) is 4.79 Å². The number of amides is 1. The van der Waals surface area contributed by atoms with Crippen molar-refractivity contribution in [1.29, 1.82) is 0 Å². The normalized spacial score (nSPS) is 19.5. The molecular weight excluding hydrogens is 280 g/mol. The molecule has 1 aliphatic heterocycles. The molecule has 0 spiro atoms. The van der Waals surface area contributed by atoms with Crippen molar-refractivity contribution in [2.24, 2.45) is 5.92 Å². The second kappa shape index (κ2) is 5.19. The van der Waals surface area contributed by atoms with Crippen LogP contribution in [0.4, 0.5) is 5.69 Å². The summed E-state index contributed by atoms with van der Waals surface area (Å²) < 4.78 is 0. The van der Waals surface area contributed by atoms with Crippen molar-refractivity contribution in [3.63, 3.8) is 0 Å². The molecule has 4 rings (SSSR count). The molecule has 0 unspecified atom stereocenters. The number of aromatic nitrogens is 2. The Labute approximate surface area is 128 Å². The Morgan fingerprint density at radius 3 is 2.45 bits per heavy atom. The van der Waals surface area contributed by atoms with E-state index in [0.29, 0.717) is 5.91 Å². The maximum Gasteiger partial charge on any atom is 0.323 e. The third kappa shape index (κ3) is 2.28. The number of nitrogens with one attached hydrogen (secondary N) is 2. The van der Waals surface area contributed by atoms with E-state index in [2.05, 4.69) is 14.9 Å². The van der Waals surface area contributed by atoms with Crippen molar-refractivity contribution in [3.8, 4) is 0 Å². The molecule has 0 atom stereocenters. The lowest BCUT2D eigenvalue weighted by molar-refractivity contribution is -0.138. The van der Waals surface area contributed by atoms with Gasteiger partial charge in [-0.05, 0) is 31.0 Å². The first-order valence-electron chi connectivity index (χ1n) is 7.96. The quantitative estimate of drug-likeness (QED) is 0.878. The number of anilines is 1. The van der Waals surface area contributed by atoms with Crippen LogP contribution in [0.3, 0.4) is 0 Å².